The van der Waals surface area contributed by atoms with Gasteiger partial charge in [-0.3, -0.25) is 0 Å². The van der Waals surface area contributed by atoms with E-state index in [4.69, 9.17) is 9.97 Å². The first kappa shape index (κ1) is 31.1. The fraction of sp³-hybridized carbons (Fsp3) is 0.0588. The Morgan fingerprint density at radius 1 is 0.340 bits per heavy atom. The predicted octanol–water partition coefficient (Wildman–Crippen LogP) is 13.4. The molecule has 0 spiro atoms. The van der Waals surface area contributed by atoms with E-state index in [1.54, 1.807) is 0 Å². The second-order valence-corrected chi connectivity index (χ2v) is 14.6. The molecule has 0 fully saturated rings. The summed E-state index contributed by atoms with van der Waals surface area (Å²) >= 11 is 0. The van der Waals surface area contributed by atoms with Crippen LogP contribution in [0.25, 0.3) is 88.8 Å². The van der Waals surface area contributed by atoms with Gasteiger partial charge in [0.25, 0.3) is 0 Å². The van der Waals surface area contributed by atoms with Gasteiger partial charge in [-0.2, -0.15) is 0 Å². The van der Waals surface area contributed by atoms with Gasteiger partial charge in [-0.25, -0.2) is 9.97 Å². The third kappa shape index (κ3) is 5.26. The maximum Gasteiger partial charge on any atom is 0.161 e. The first-order chi connectivity index (χ1) is 26.0. The number of aromatic nitrogens is 2. The van der Waals surface area contributed by atoms with E-state index in [0.717, 1.165) is 39.3 Å². The Balaban J connectivity index is 1.04. The number of benzene rings is 8. The van der Waals surface area contributed by atoms with Gasteiger partial charge in [0.2, 0.25) is 0 Å². The highest BCUT2D eigenvalue weighted by atomic mass is 14.9. The van der Waals surface area contributed by atoms with Crippen molar-refractivity contribution in [1.82, 2.24) is 9.97 Å². The average molecular weight is 677 g/mol. The summed E-state index contributed by atoms with van der Waals surface area (Å²) in [6.07, 6.45) is 0. The summed E-state index contributed by atoms with van der Waals surface area (Å²) in [5.74, 6) is 0.720. The average Bonchev–Trinajstić information content (AvgIpc) is 3.44. The molecule has 1 aromatic heterocycles. The standard InChI is InChI=1S/C51H36N2/c1-51(2)46-28-25-39(30-44(46)45-29-37-17-9-10-18-38(37)31-47(45)51)33-21-23-34(24-22-33)40-26-27-43(42-20-12-11-19-41(40)42)50-52-48(35-13-5-3-6-14-35)32-49(53-50)36-15-7-4-8-16-36/h3-32H,1-2H3. The highest BCUT2D eigenvalue weighted by Gasteiger charge is 2.35. The molecule has 2 heteroatoms. The molecule has 2 nitrogen and oxygen atoms in total. The lowest BCUT2D eigenvalue weighted by molar-refractivity contribution is 0.661. The molecule has 10 rings (SSSR count). The Morgan fingerprint density at radius 3 is 1.51 bits per heavy atom. The molecular weight excluding hydrogens is 641 g/mol. The van der Waals surface area contributed by atoms with Crippen molar-refractivity contribution in [3.05, 3.63) is 193 Å². The smallest absolute Gasteiger partial charge is 0.161 e. The molecule has 1 aliphatic rings. The first-order valence-corrected chi connectivity index (χ1v) is 18.3. The molecule has 1 aliphatic carbocycles. The molecule has 0 unspecified atom stereocenters. The molecule has 0 saturated heterocycles. The number of fused-ring (bicyclic) bond motifs is 5. The SMILES string of the molecule is CC1(C)c2ccc(-c3ccc(-c4ccc(-c5nc(-c6ccccc6)cc(-c6ccccc6)n5)c5ccccc45)cc3)cc2-c2cc3ccccc3cc21. The zero-order chi connectivity index (χ0) is 35.5. The minimum Gasteiger partial charge on any atom is -0.228 e. The van der Waals surface area contributed by atoms with E-state index in [9.17, 15) is 0 Å². The third-order valence-corrected chi connectivity index (χ3v) is 11.1. The molecule has 8 aromatic carbocycles. The van der Waals surface area contributed by atoms with Crippen LogP contribution >= 0.6 is 0 Å². The van der Waals surface area contributed by atoms with Crippen LogP contribution in [0.15, 0.2) is 182 Å². The van der Waals surface area contributed by atoms with Crippen molar-refractivity contribution in [2.24, 2.45) is 0 Å². The van der Waals surface area contributed by atoms with Crippen LogP contribution in [0.5, 0.6) is 0 Å². The third-order valence-electron chi connectivity index (χ3n) is 11.1. The maximum absolute atomic E-state index is 5.15. The Kier molecular flexibility index (Phi) is 7.19. The number of hydrogen-bond donors (Lipinski definition) is 0. The predicted molar refractivity (Wildman–Crippen MR) is 222 cm³/mol. The van der Waals surface area contributed by atoms with Gasteiger partial charge < -0.3 is 0 Å². The van der Waals surface area contributed by atoms with Crippen LogP contribution in [0.3, 0.4) is 0 Å². The molecule has 0 radical (unpaired) electrons. The summed E-state index contributed by atoms with van der Waals surface area (Å²) in [6.45, 7) is 4.70. The van der Waals surface area contributed by atoms with Gasteiger partial charge in [0.1, 0.15) is 0 Å². The molecular formula is C51H36N2. The molecule has 1 heterocycles. The van der Waals surface area contributed by atoms with Gasteiger partial charge in [-0.1, -0.05) is 166 Å². The molecule has 0 aliphatic heterocycles. The monoisotopic (exact) mass is 676 g/mol. The normalized spacial score (nSPS) is 12.9. The van der Waals surface area contributed by atoms with Crippen molar-refractivity contribution in [1.29, 1.82) is 0 Å². The molecule has 9 aromatic rings. The molecule has 0 N–H and O–H groups in total. The fourth-order valence-corrected chi connectivity index (χ4v) is 8.29. The minimum atomic E-state index is -0.0404. The van der Waals surface area contributed by atoms with Crippen molar-refractivity contribution in [3.8, 4) is 67.3 Å². The number of rotatable bonds is 5. The van der Waals surface area contributed by atoms with Gasteiger partial charge in [0.15, 0.2) is 5.82 Å². The summed E-state index contributed by atoms with van der Waals surface area (Å²) in [5, 5.41) is 4.89. The summed E-state index contributed by atoms with van der Waals surface area (Å²) in [4.78, 5) is 10.3. The van der Waals surface area contributed by atoms with Gasteiger partial charge in [-0.15, -0.1) is 0 Å². The van der Waals surface area contributed by atoms with Crippen LogP contribution in [0.1, 0.15) is 25.0 Å². The van der Waals surface area contributed by atoms with Crippen LogP contribution < -0.4 is 0 Å². The lowest BCUT2D eigenvalue weighted by Gasteiger charge is -2.22. The summed E-state index contributed by atoms with van der Waals surface area (Å²) in [6, 6.07) is 65.4. The van der Waals surface area contributed by atoms with E-state index in [2.05, 4.69) is 184 Å². The highest BCUT2D eigenvalue weighted by Crippen LogP contribution is 2.51. The fourth-order valence-electron chi connectivity index (χ4n) is 8.29. The summed E-state index contributed by atoms with van der Waals surface area (Å²) in [7, 11) is 0. The molecule has 0 bridgehead atoms. The molecule has 250 valence electrons. The Morgan fingerprint density at radius 2 is 0.849 bits per heavy atom. The topological polar surface area (TPSA) is 25.8 Å². The van der Waals surface area contributed by atoms with Crippen molar-refractivity contribution in [2.75, 3.05) is 0 Å². The van der Waals surface area contributed by atoms with Gasteiger partial charge >= 0.3 is 0 Å². The van der Waals surface area contributed by atoms with Crippen LogP contribution in [-0.2, 0) is 5.41 Å². The van der Waals surface area contributed by atoms with Crippen LogP contribution in [-0.4, -0.2) is 9.97 Å². The number of hydrogen-bond acceptors (Lipinski definition) is 2. The van der Waals surface area contributed by atoms with E-state index in [1.165, 1.54) is 60.7 Å². The second-order valence-electron chi connectivity index (χ2n) is 14.6. The quantitative estimate of drug-likeness (QED) is 0.181. The lowest BCUT2D eigenvalue weighted by atomic mass is 9.81. The Hall–Kier alpha value is -6.64. The number of nitrogens with zero attached hydrogens (tertiary/aromatic N) is 2. The lowest BCUT2D eigenvalue weighted by Crippen LogP contribution is -2.14. The van der Waals surface area contributed by atoms with Gasteiger partial charge in [-0.05, 0) is 96.4 Å². The van der Waals surface area contributed by atoms with Crippen LogP contribution in [0.4, 0.5) is 0 Å². The van der Waals surface area contributed by atoms with E-state index in [1.807, 2.05) is 12.1 Å². The molecule has 0 amide bonds. The van der Waals surface area contributed by atoms with Crippen molar-refractivity contribution < 1.29 is 0 Å². The van der Waals surface area contributed by atoms with Crippen molar-refractivity contribution in [2.45, 2.75) is 19.3 Å². The highest BCUT2D eigenvalue weighted by molar-refractivity contribution is 6.04. The van der Waals surface area contributed by atoms with Crippen molar-refractivity contribution in [3.63, 3.8) is 0 Å². The van der Waals surface area contributed by atoms with E-state index in [0.29, 0.717) is 0 Å². The summed E-state index contributed by atoms with van der Waals surface area (Å²) in [5.41, 5.74) is 15.2. The molecule has 0 atom stereocenters. The Labute approximate surface area is 310 Å². The zero-order valence-electron chi connectivity index (χ0n) is 29.7. The van der Waals surface area contributed by atoms with E-state index >= 15 is 0 Å². The zero-order valence-corrected chi connectivity index (χ0v) is 29.7. The minimum absolute atomic E-state index is 0.0404. The largest absolute Gasteiger partial charge is 0.228 e. The molecule has 53 heavy (non-hydrogen) atoms. The van der Waals surface area contributed by atoms with E-state index in [-0.39, 0.29) is 5.41 Å². The summed E-state index contributed by atoms with van der Waals surface area (Å²) < 4.78 is 0. The van der Waals surface area contributed by atoms with Crippen molar-refractivity contribution >= 4 is 21.5 Å². The molecule has 0 saturated carbocycles. The van der Waals surface area contributed by atoms with Crippen LogP contribution in [0.2, 0.25) is 0 Å². The first-order valence-electron chi connectivity index (χ1n) is 18.3. The Bertz CT molecular complexity index is 2780. The van der Waals surface area contributed by atoms with Gasteiger partial charge in [0, 0.05) is 22.1 Å². The van der Waals surface area contributed by atoms with Crippen LogP contribution in [0, 0.1) is 0 Å². The maximum atomic E-state index is 5.15. The van der Waals surface area contributed by atoms with E-state index < -0.39 is 0 Å². The van der Waals surface area contributed by atoms with Gasteiger partial charge in [0.05, 0.1) is 11.4 Å². The second kappa shape index (κ2) is 12.3.